The minimum Gasteiger partial charge on any atom is -0.338 e. The van der Waals surface area contributed by atoms with E-state index in [4.69, 9.17) is 4.52 Å². The van der Waals surface area contributed by atoms with Gasteiger partial charge in [-0.25, -0.2) is 4.98 Å². The van der Waals surface area contributed by atoms with Gasteiger partial charge in [0.25, 0.3) is 5.91 Å². The van der Waals surface area contributed by atoms with E-state index < -0.39 is 0 Å². The molecule has 3 aromatic heterocycles. The van der Waals surface area contributed by atoms with Crippen molar-refractivity contribution >= 4 is 17.4 Å². The summed E-state index contributed by atoms with van der Waals surface area (Å²) in [4.78, 5) is 16.7. The Morgan fingerprint density at radius 3 is 2.96 bits per heavy atom. The molecule has 124 valence electrons. The molecular formula is C18H20N4O2. The van der Waals surface area contributed by atoms with Crippen molar-refractivity contribution in [2.45, 2.75) is 44.9 Å². The number of nitrogens with zero attached hydrogens (tertiary/aromatic N) is 3. The maximum atomic E-state index is 12.5. The topological polar surface area (TPSA) is 72.4 Å². The van der Waals surface area contributed by atoms with E-state index in [1.807, 2.05) is 23.6 Å². The molecule has 0 aromatic carbocycles. The fraction of sp³-hybridized carbons (Fsp3) is 0.389. The van der Waals surface area contributed by atoms with Crippen LogP contribution in [0, 0.1) is 6.92 Å². The van der Waals surface area contributed by atoms with Crippen LogP contribution in [-0.4, -0.2) is 20.4 Å². The predicted molar refractivity (Wildman–Crippen MR) is 90.2 cm³/mol. The SMILES string of the molecule is Cc1c(C2CCCCC2)noc1NC(=O)c1ccc2nccn2c1. The van der Waals surface area contributed by atoms with Gasteiger partial charge in [0.2, 0.25) is 5.88 Å². The zero-order valence-electron chi connectivity index (χ0n) is 13.7. The van der Waals surface area contributed by atoms with Crippen molar-refractivity contribution < 1.29 is 9.32 Å². The Labute approximate surface area is 139 Å². The first kappa shape index (κ1) is 14.9. The first-order valence-corrected chi connectivity index (χ1v) is 8.42. The Balaban J connectivity index is 1.54. The number of carbonyl (C=O) groups excluding carboxylic acids is 1. The number of rotatable bonds is 3. The van der Waals surface area contributed by atoms with Gasteiger partial charge in [-0.2, -0.15) is 0 Å². The van der Waals surface area contributed by atoms with Gasteiger partial charge in [0.05, 0.1) is 11.3 Å². The van der Waals surface area contributed by atoms with E-state index in [2.05, 4.69) is 15.5 Å². The average Bonchev–Trinajstić information content (AvgIpc) is 3.22. The molecule has 0 aliphatic heterocycles. The van der Waals surface area contributed by atoms with Gasteiger partial charge in [-0.1, -0.05) is 24.4 Å². The third-order valence-corrected chi connectivity index (χ3v) is 4.83. The standard InChI is InChI=1S/C18H20N4O2/c1-12-16(13-5-3-2-4-6-13)21-24-18(12)20-17(23)14-7-8-15-19-9-10-22(15)11-14/h7-11,13H,2-6H2,1H3,(H,20,23). The molecule has 1 aliphatic rings. The smallest absolute Gasteiger partial charge is 0.259 e. The molecule has 1 aliphatic carbocycles. The van der Waals surface area contributed by atoms with Gasteiger partial charge < -0.3 is 8.92 Å². The van der Waals surface area contributed by atoms with E-state index in [0.717, 1.165) is 29.7 Å². The summed E-state index contributed by atoms with van der Waals surface area (Å²) in [6, 6.07) is 3.57. The minimum absolute atomic E-state index is 0.208. The average molecular weight is 324 g/mol. The minimum atomic E-state index is -0.208. The lowest BCUT2D eigenvalue weighted by molar-refractivity contribution is 0.102. The number of fused-ring (bicyclic) bond motifs is 1. The van der Waals surface area contributed by atoms with E-state index >= 15 is 0 Å². The summed E-state index contributed by atoms with van der Waals surface area (Å²) in [5.41, 5.74) is 3.30. The maximum absolute atomic E-state index is 12.5. The molecular weight excluding hydrogens is 304 g/mol. The molecule has 24 heavy (non-hydrogen) atoms. The molecule has 0 radical (unpaired) electrons. The summed E-state index contributed by atoms with van der Waals surface area (Å²) in [6.45, 7) is 1.97. The largest absolute Gasteiger partial charge is 0.338 e. The first-order valence-electron chi connectivity index (χ1n) is 8.42. The van der Waals surface area contributed by atoms with E-state index in [1.165, 1.54) is 19.3 Å². The molecule has 1 fully saturated rings. The monoisotopic (exact) mass is 324 g/mol. The molecule has 0 spiro atoms. The van der Waals surface area contributed by atoms with Crippen molar-refractivity contribution in [2.75, 3.05) is 5.32 Å². The number of hydrogen-bond donors (Lipinski definition) is 1. The highest BCUT2D eigenvalue weighted by atomic mass is 16.5. The molecule has 6 heteroatoms. The van der Waals surface area contributed by atoms with Crippen molar-refractivity contribution in [3.8, 4) is 0 Å². The zero-order valence-corrected chi connectivity index (χ0v) is 13.7. The third-order valence-electron chi connectivity index (χ3n) is 4.83. The number of amides is 1. The van der Waals surface area contributed by atoms with Crippen LogP contribution < -0.4 is 5.32 Å². The van der Waals surface area contributed by atoms with Gasteiger partial charge >= 0.3 is 0 Å². The van der Waals surface area contributed by atoms with Gasteiger partial charge in [0.15, 0.2) is 0 Å². The summed E-state index contributed by atoms with van der Waals surface area (Å²) in [7, 11) is 0. The number of pyridine rings is 1. The van der Waals surface area contributed by atoms with E-state index in [9.17, 15) is 4.79 Å². The fourth-order valence-corrected chi connectivity index (χ4v) is 3.45. The van der Waals surface area contributed by atoms with Crippen LogP contribution >= 0.6 is 0 Å². The maximum Gasteiger partial charge on any atom is 0.259 e. The van der Waals surface area contributed by atoms with Gasteiger partial charge in [-0.05, 0) is 31.9 Å². The Morgan fingerprint density at radius 1 is 1.29 bits per heavy atom. The van der Waals surface area contributed by atoms with Crippen molar-refractivity contribution in [3.05, 3.63) is 47.5 Å². The molecule has 0 bridgehead atoms. The summed E-state index contributed by atoms with van der Waals surface area (Å²) in [6.07, 6.45) is 11.4. The summed E-state index contributed by atoms with van der Waals surface area (Å²) in [5, 5.41) is 7.06. The van der Waals surface area contributed by atoms with Crippen LogP contribution in [0.4, 0.5) is 5.88 Å². The quantitative estimate of drug-likeness (QED) is 0.792. The van der Waals surface area contributed by atoms with Crippen molar-refractivity contribution in [3.63, 3.8) is 0 Å². The summed E-state index contributed by atoms with van der Waals surface area (Å²) >= 11 is 0. The number of imidazole rings is 1. The second-order valence-electron chi connectivity index (χ2n) is 6.42. The Morgan fingerprint density at radius 2 is 2.12 bits per heavy atom. The lowest BCUT2D eigenvalue weighted by atomic mass is 9.86. The van der Waals surface area contributed by atoms with Crippen LogP contribution in [0.2, 0.25) is 0 Å². The molecule has 1 N–H and O–H groups in total. The molecule has 0 unspecified atom stereocenters. The number of nitrogens with one attached hydrogen (secondary N) is 1. The van der Waals surface area contributed by atoms with E-state index in [0.29, 0.717) is 17.4 Å². The Bertz CT molecular complexity index is 874. The lowest BCUT2D eigenvalue weighted by Gasteiger charge is -2.19. The molecule has 0 atom stereocenters. The molecule has 6 nitrogen and oxygen atoms in total. The number of hydrogen-bond acceptors (Lipinski definition) is 4. The predicted octanol–water partition coefficient (Wildman–Crippen LogP) is 3.93. The second-order valence-corrected chi connectivity index (χ2v) is 6.42. The van der Waals surface area contributed by atoms with Gasteiger partial charge in [0, 0.05) is 30.1 Å². The Kier molecular flexibility index (Phi) is 3.80. The van der Waals surface area contributed by atoms with Crippen LogP contribution in [-0.2, 0) is 0 Å². The highest BCUT2D eigenvalue weighted by molar-refractivity contribution is 6.03. The van der Waals surface area contributed by atoms with Crippen LogP contribution in [0.25, 0.3) is 5.65 Å². The molecule has 0 saturated heterocycles. The fourth-order valence-electron chi connectivity index (χ4n) is 3.45. The first-order chi connectivity index (χ1) is 11.7. The molecule has 3 aromatic rings. The summed E-state index contributed by atoms with van der Waals surface area (Å²) in [5.74, 6) is 0.696. The van der Waals surface area contributed by atoms with Crippen molar-refractivity contribution in [2.24, 2.45) is 0 Å². The van der Waals surface area contributed by atoms with E-state index in [1.54, 1.807) is 18.5 Å². The molecule has 1 saturated carbocycles. The van der Waals surface area contributed by atoms with Gasteiger partial charge in [-0.3, -0.25) is 10.1 Å². The lowest BCUT2D eigenvalue weighted by Crippen LogP contribution is -2.13. The third kappa shape index (κ3) is 2.68. The highest BCUT2D eigenvalue weighted by Crippen LogP contribution is 2.35. The van der Waals surface area contributed by atoms with Crippen LogP contribution in [0.1, 0.15) is 59.6 Å². The molecule has 4 rings (SSSR count). The van der Waals surface area contributed by atoms with Gasteiger partial charge in [0.1, 0.15) is 5.65 Å². The molecule has 1 amide bonds. The molecule has 3 heterocycles. The number of aromatic nitrogens is 3. The summed E-state index contributed by atoms with van der Waals surface area (Å²) < 4.78 is 7.23. The van der Waals surface area contributed by atoms with Crippen molar-refractivity contribution in [1.82, 2.24) is 14.5 Å². The van der Waals surface area contributed by atoms with Crippen LogP contribution in [0.15, 0.2) is 35.2 Å². The van der Waals surface area contributed by atoms with Crippen molar-refractivity contribution in [1.29, 1.82) is 0 Å². The van der Waals surface area contributed by atoms with Crippen LogP contribution in [0.5, 0.6) is 0 Å². The second kappa shape index (κ2) is 6.11. The zero-order chi connectivity index (χ0) is 16.5. The normalized spacial score (nSPS) is 15.7. The number of anilines is 1. The van der Waals surface area contributed by atoms with E-state index in [-0.39, 0.29) is 5.91 Å². The number of carbonyl (C=O) groups is 1. The highest BCUT2D eigenvalue weighted by Gasteiger charge is 2.24. The Hall–Kier alpha value is -2.63. The van der Waals surface area contributed by atoms with Gasteiger partial charge in [-0.15, -0.1) is 0 Å². The van der Waals surface area contributed by atoms with Crippen LogP contribution in [0.3, 0.4) is 0 Å².